The van der Waals surface area contributed by atoms with E-state index in [1.807, 2.05) is 0 Å². The van der Waals surface area contributed by atoms with Gasteiger partial charge in [-0.1, -0.05) is 5.57 Å². The van der Waals surface area contributed by atoms with Gasteiger partial charge in [0.1, 0.15) is 0 Å². The third-order valence-corrected chi connectivity index (χ3v) is 1.42. The quantitative estimate of drug-likeness (QED) is 0.198. The summed E-state index contributed by atoms with van der Waals surface area (Å²) in [5.41, 5.74) is 1.80. The molecule has 3 heteroatoms. The van der Waals surface area contributed by atoms with Crippen LogP contribution in [0.2, 0.25) is 0 Å². The summed E-state index contributed by atoms with van der Waals surface area (Å²) in [6.45, 7) is 6.80. The molecule has 11 heavy (non-hydrogen) atoms. The lowest BCUT2D eigenvalue weighted by atomic mass is 10.1. The minimum absolute atomic E-state index is 0.556. The molecule has 0 aromatic carbocycles. The highest BCUT2D eigenvalue weighted by Crippen LogP contribution is 2.02. The Labute approximate surface area is 70.0 Å². The van der Waals surface area contributed by atoms with Crippen LogP contribution in [0.15, 0.2) is 12.2 Å². The molecule has 0 aromatic heterocycles. The van der Waals surface area contributed by atoms with E-state index < -0.39 is 0 Å². The zero-order valence-electron chi connectivity index (χ0n) is 7.54. The highest BCUT2D eigenvalue weighted by atomic mass is 14.9. The molecule has 0 unspecified atom stereocenters. The fraction of sp³-hybridized carbons (Fsp3) is 0.625. The van der Waals surface area contributed by atoms with Gasteiger partial charge in [-0.05, 0) is 26.2 Å². The van der Waals surface area contributed by atoms with E-state index in [9.17, 15) is 0 Å². The molecule has 0 rings (SSSR count). The van der Waals surface area contributed by atoms with Crippen molar-refractivity contribution in [3.05, 3.63) is 12.2 Å². The van der Waals surface area contributed by atoms with E-state index >= 15 is 0 Å². The standard InChI is InChI=1S/C8H17BN2/c1-7(2)5-3-4-6-11-8(9)10/h1,3-6,9H2,2H3,(H2,10,11). The van der Waals surface area contributed by atoms with Crippen molar-refractivity contribution < 1.29 is 0 Å². The van der Waals surface area contributed by atoms with Crippen LogP contribution in [-0.4, -0.2) is 20.1 Å². The molecule has 0 atom stereocenters. The molecule has 0 aliphatic carbocycles. The molecular weight excluding hydrogens is 135 g/mol. The van der Waals surface area contributed by atoms with Gasteiger partial charge in [0.15, 0.2) is 7.85 Å². The highest BCUT2D eigenvalue weighted by molar-refractivity contribution is 6.57. The van der Waals surface area contributed by atoms with Crippen molar-refractivity contribution in [2.24, 2.45) is 0 Å². The zero-order valence-corrected chi connectivity index (χ0v) is 7.54. The van der Waals surface area contributed by atoms with E-state index in [2.05, 4.69) is 18.8 Å². The van der Waals surface area contributed by atoms with Crippen LogP contribution < -0.4 is 5.32 Å². The first-order valence-corrected chi connectivity index (χ1v) is 4.06. The maximum atomic E-state index is 7.09. The first kappa shape index (κ1) is 10.3. The average Bonchev–Trinajstić information content (AvgIpc) is 1.85. The summed E-state index contributed by atoms with van der Waals surface area (Å²) in [4.78, 5) is 0. The molecule has 0 saturated carbocycles. The van der Waals surface area contributed by atoms with Gasteiger partial charge in [-0.2, -0.15) is 0 Å². The van der Waals surface area contributed by atoms with Gasteiger partial charge >= 0.3 is 0 Å². The predicted molar refractivity (Wildman–Crippen MR) is 52.9 cm³/mol. The van der Waals surface area contributed by atoms with Crippen molar-refractivity contribution in [2.75, 3.05) is 6.54 Å². The van der Waals surface area contributed by atoms with Crippen LogP contribution in [-0.2, 0) is 0 Å². The first-order chi connectivity index (χ1) is 5.13. The molecule has 0 radical (unpaired) electrons. The van der Waals surface area contributed by atoms with Crippen LogP contribution in [0.25, 0.3) is 0 Å². The molecule has 0 bridgehead atoms. The number of amidine groups is 1. The summed E-state index contributed by atoms with van der Waals surface area (Å²) < 4.78 is 0. The summed E-state index contributed by atoms with van der Waals surface area (Å²) in [6.07, 6.45) is 3.41. The van der Waals surface area contributed by atoms with Gasteiger partial charge in [0.05, 0.1) is 0 Å². The van der Waals surface area contributed by atoms with Gasteiger partial charge < -0.3 is 5.32 Å². The number of allylic oxidation sites excluding steroid dienone is 1. The smallest absolute Gasteiger partial charge is 0.184 e. The molecule has 0 fully saturated rings. The zero-order chi connectivity index (χ0) is 8.69. The van der Waals surface area contributed by atoms with Gasteiger partial charge in [-0.3, -0.25) is 5.41 Å². The molecule has 0 spiro atoms. The fourth-order valence-electron chi connectivity index (χ4n) is 0.828. The van der Waals surface area contributed by atoms with Crippen molar-refractivity contribution >= 4 is 13.6 Å². The Kier molecular flexibility index (Phi) is 5.62. The number of rotatable bonds is 5. The molecule has 0 heterocycles. The Balaban J connectivity index is 3.03. The summed E-state index contributed by atoms with van der Waals surface area (Å²) >= 11 is 0. The van der Waals surface area contributed by atoms with Gasteiger partial charge in [0.25, 0.3) is 0 Å². The van der Waals surface area contributed by atoms with Crippen LogP contribution in [0.4, 0.5) is 0 Å². The molecule has 0 aliphatic heterocycles. The number of hydrogen-bond donors (Lipinski definition) is 2. The van der Waals surface area contributed by atoms with E-state index in [1.54, 1.807) is 7.85 Å². The molecule has 0 saturated heterocycles. The van der Waals surface area contributed by atoms with E-state index in [-0.39, 0.29) is 0 Å². The second-order valence-corrected chi connectivity index (χ2v) is 2.97. The normalized spacial score (nSPS) is 9.18. The summed E-state index contributed by atoms with van der Waals surface area (Å²) in [5.74, 6) is 0. The number of nitrogens with one attached hydrogen (secondary N) is 2. The highest BCUT2D eigenvalue weighted by Gasteiger charge is 1.89. The molecule has 62 valence electrons. The number of unbranched alkanes of at least 4 members (excludes halogenated alkanes) is 1. The van der Waals surface area contributed by atoms with Crippen molar-refractivity contribution in [3.8, 4) is 0 Å². The molecule has 0 amide bonds. The lowest BCUT2D eigenvalue weighted by Gasteiger charge is -2.03. The van der Waals surface area contributed by atoms with Gasteiger partial charge in [0.2, 0.25) is 0 Å². The van der Waals surface area contributed by atoms with Gasteiger partial charge in [-0.25, -0.2) is 0 Å². The Morgan fingerprint density at radius 2 is 2.18 bits per heavy atom. The summed E-state index contributed by atoms with van der Waals surface area (Å²) in [7, 11) is 1.76. The van der Waals surface area contributed by atoms with Crippen molar-refractivity contribution in [1.82, 2.24) is 5.32 Å². The lowest BCUT2D eigenvalue weighted by Crippen LogP contribution is -2.23. The molecule has 0 aromatic rings. The monoisotopic (exact) mass is 152 g/mol. The summed E-state index contributed by atoms with van der Waals surface area (Å²) in [5, 5.41) is 10.1. The van der Waals surface area contributed by atoms with E-state index in [1.165, 1.54) is 12.0 Å². The van der Waals surface area contributed by atoms with Crippen molar-refractivity contribution in [2.45, 2.75) is 26.2 Å². The topological polar surface area (TPSA) is 35.9 Å². The van der Waals surface area contributed by atoms with Crippen LogP contribution in [0.3, 0.4) is 0 Å². The number of hydrogen-bond acceptors (Lipinski definition) is 1. The minimum atomic E-state index is 0.556. The van der Waals surface area contributed by atoms with E-state index in [4.69, 9.17) is 5.41 Å². The van der Waals surface area contributed by atoms with Crippen LogP contribution in [0.5, 0.6) is 0 Å². The second kappa shape index (κ2) is 6.02. The third-order valence-electron chi connectivity index (χ3n) is 1.42. The van der Waals surface area contributed by atoms with Crippen LogP contribution in [0, 0.1) is 5.41 Å². The second-order valence-electron chi connectivity index (χ2n) is 2.97. The summed E-state index contributed by atoms with van der Waals surface area (Å²) in [6, 6.07) is 0. The van der Waals surface area contributed by atoms with Gasteiger partial charge in [-0.15, -0.1) is 6.58 Å². The maximum absolute atomic E-state index is 7.09. The first-order valence-electron chi connectivity index (χ1n) is 4.06. The SMILES string of the molecule is BC(=N)NCCCCC(=C)C. The molecule has 2 N–H and O–H groups in total. The van der Waals surface area contributed by atoms with Crippen LogP contribution >= 0.6 is 0 Å². The van der Waals surface area contributed by atoms with Crippen molar-refractivity contribution in [3.63, 3.8) is 0 Å². The Hall–Kier alpha value is -0.725. The largest absolute Gasteiger partial charge is 0.383 e. The minimum Gasteiger partial charge on any atom is -0.383 e. The third kappa shape index (κ3) is 9.27. The van der Waals surface area contributed by atoms with E-state index in [0.717, 1.165) is 19.4 Å². The Morgan fingerprint density at radius 3 is 2.64 bits per heavy atom. The van der Waals surface area contributed by atoms with Crippen LogP contribution in [0.1, 0.15) is 26.2 Å². The Bertz CT molecular complexity index is 127. The maximum Gasteiger partial charge on any atom is 0.184 e. The molecule has 0 aliphatic rings. The predicted octanol–water partition coefficient (Wildman–Crippen LogP) is 0.890. The lowest BCUT2D eigenvalue weighted by molar-refractivity contribution is 0.708. The van der Waals surface area contributed by atoms with Crippen molar-refractivity contribution in [1.29, 1.82) is 5.41 Å². The fourth-order valence-corrected chi connectivity index (χ4v) is 0.828. The average molecular weight is 152 g/mol. The molecule has 2 nitrogen and oxygen atoms in total. The molecular formula is C8H17BN2. The van der Waals surface area contributed by atoms with E-state index in [0.29, 0.717) is 5.73 Å². The van der Waals surface area contributed by atoms with Gasteiger partial charge in [0, 0.05) is 12.3 Å². The Morgan fingerprint density at radius 1 is 1.55 bits per heavy atom.